The highest BCUT2D eigenvalue weighted by Crippen LogP contribution is 2.40. The van der Waals surface area contributed by atoms with Gasteiger partial charge in [0.2, 0.25) is 0 Å². The topological polar surface area (TPSA) is 46.5 Å². The fraction of sp³-hybridized carbons (Fsp3) is 0.111. The van der Waals surface area contributed by atoms with Crippen molar-refractivity contribution >= 4 is 12.9 Å². The summed E-state index contributed by atoms with van der Waals surface area (Å²) in [6, 6.07) is 6.65. The molecule has 70 valence electrons. The number of hydrogen-bond acceptors (Lipinski definition) is 2. The minimum Gasteiger partial charge on any atom is -0.430 e. The first kappa shape index (κ1) is 10.0. The van der Waals surface area contributed by atoms with Crippen molar-refractivity contribution in [1.82, 2.24) is 0 Å². The standard InChI is InChI=1S/C9H11O3P/c1-3-12-13(10,11)9-6-4-8(2)5-7-9/h3-7H,1H2,2H3,(H,10,11). The Morgan fingerprint density at radius 1 is 1.46 bits per heavy atom. The van der Waals surface area contributed by atoms with Crippen molar-refractivity contribution in [3.8, 4) is 0 Å². The molecule has 0 radical (unpaired) electrons. The Bertz CT molecular complexity index is 342. The summed E-state index contributed by atoms with van der Waals surface area (Å²) in [5.74, 6) is 0. The van der Waals surface area contributed by atoms with Gasteiger partial charge in [-0.25, -0.2) is 4.57 Å². The zero-order valence-electron chi connectivity index (χ0n) is 7.30. The summed E-state index contributed by atoms with van der Waals surface area (Å²) in [6.07, 6.45) is 0.973. The number of aryl methyl sites for hydroxylation is 1. The van der Waals surface area contributed by atoms with E-state index in [9.17, 15) is 9.46 Å². The quantitative estimate of drug-likeness (QED) is 0.596. The van der Waals surface area contributed by atoms with E-state index in [4.69, 9.17) is 0 Å². The monoisotopic (exact) mass is 198 g/mol. The van der Waals surface area contributed by atoms with Crippen LogP contribution in [-0.4, -0.2) is 4.89 Å². The maximum atomic E-state index is 11.4. The van der Waals surface area contributed by atoms with E-state index in [2.05, 4.69) is 11.1 Å². The first-order valence-corrected chi connectivity index (χ1v) is 5.33. The SMILES string of the molecule is C=COP(=O)(O)c1ccc(C)cc1. The van der Waals surface area contributed by atoms with Gasteiger partial charge in [-0.3, -0.25) is 0 Å². The van der Waals surface area contributed by atoms with Gasteiger partial charge in [0.15, 0.2) is 0 Å². The van der Waals surface area contributed by atoms with Crippen LogP contribution >= 0.6 is 7.60 Å². The van der Waals surface area contributed by atoms with E-state index in [-0.39, 0.29) is 5.30 Å². The molecule has 13 heavy (non-hydrogen) atoms. The minimum absolute atomic E-state index is 0.276. The van der Waals surface area contributed by atoms with Crippen LogP contribution in [0.25, 0.3) is 0 Å². The fourth-order valence-corrected chi connectivity index (χ4v) is 1.74. The molecule has 0 bridgehead atoms. The van der Waals surface area contributed by atoms with E-state index < -0.39 is 7.60 Å². The Morgan fingerprint density at radius 2 is 2.00 bits per heavy atom. The Kier molecular flexibility index (Phi) is 2.91. The largest absolute Gasteiger partial charge is 0.430 e. The van der Waals surface area contributed by atoms with Gasteiger partial charge in [-0.05, 0) is 19.1 Å². The highest BCUT2D eigenvalue weighted by molar-refractivity contribution is 7.61. The van der Waals surface area contributed by atoms with E-state index in [0.717, 1.165) is 11.8 Å². The molecule has 0 heterocycles. The molecule has 0 saturated carbocycles. The Balaban J connectivity index is 3.01. The van der Waals surface area contributed by atoms with Crippen LogP contribution in [0.5, 0.6) is 0 Å². The van der Waals surface area contributed by atoms with Gasteiger partial charge < -0.3 is 9.42 Å². The van der Waals surface area contributed by atoms with Gasteiger partial charge >= 0.3 is 7.60 Å². The van der Waals surface area contributed by atoms with Crippen LogP contribution in [0.2, 0.25) is 0 Å². The van der Waals surface area contributed by atoms with E-state index >= 15 is 0 Å². The number of hydrogen-bond donors (Lipinski definition) is 1. The number of rotatable bonds is 3. The van der Waals surface area contributed by atoms with Crippen LogP contribution in [0.3, 0.4) is 0 Å². The summed E-state index contributed by atoms with van der Waals surface area (Å²) in [6.45, 7) is 5.14. The number of benzene rings is 1. The van der Waals surface area contributed by atoms with Gasteiger partial charge in [-0.15, -0.1) is 0 Å². The molecule has 0 saturated heterocycles. The van der Waals surface area contributed by atoms with E-state index in [1.54, 1.807) is 24.3 Å². The van der Waals surface area contributed by atoms with Gasteiger partial charge in [-0.2, -0.15) is 0 Å². The zero-order valence-corrected chi connectivity index (χ0v) is 8.20. The minimum atomic E-state index is -3.68. The average Bonchev–Trinajstić information content (AvgIpc) is 2.05. The van der Waals surface area contributed by atoms with Crippen LogP contribution in [0, 0.1) is 6.92 Å². The van der Waals surface area contributed by atoms with E-state index in [1.165, 1.54) is 0 Å². The van der Waals surface area contributed by atoms with E-state index in [1.807, 2.05) is 6.92 Å². The molecule has 0 aliphatic carbocycles. The third-order valence-electron chi connectivity index (χ3n) is 1.58. The predicted molar refractivity (Wildman–Crippen MR) is 51.9 cm³/mol. The lowest BCUT2D eigenvalue weighted by Crippen LogP contribution is -2.04. The molecule has 3 nitrogen and oxygen atoms in total. The second kappa shape index (κ2) is 3.77. The van der Waals surface area contributed by atoms with Crippen molar-refractivity contribution in [2.45, 2.75) is 6.92 Å². The maximum Gasteiger partial charge on any atom is 0.407 e. The molecule has 0 spiro atoms. The van der Waals surface area contributed by atoms with Crippen LogP contribution in [0.15, 0.2) is 37.1 Å². The van der Waals surface area contributed by atoms with Crippen molar-refractivity contribution in [1.29, 1.82) is 0 Å². The lowest BCUT2D eigenvalue weighted by molar-refractivity contribution is 0.362. The molecule has 4 heteroatoms. The van der Waals surface area contributed by atoms with Gasteiger partial charge in [0, 0.05) is 0 Å². The normalized spacial score (nSPS) is 14.6. The van der Waals surface area contributed by atoms with Crippen LogP contribution in [0.1, 0.15) is 5.56 Å². The second-order valence-electron chi connectivity index (χ2n) is 2.63. The summed E-state index contributed by atoms with van der Waals surface area (Å²) in [4.78, 5) is 9.34. The first-order valence-electron chi connectivity index (χ1n) is 3.75. The third-order valence-corrected chi connectivity index (χ3v) is 2.96. The molecule has 1 atom stereocenters. The van der Waals surface area contributed by atoms with Gasteiger partial charge in [0.1, 0.15) is 0 Å². The highest BCUT2D eigenvalue weighted by atomic mass is 31.2. The summed E-state index contributed by atoms with van der Waals surface area (Å²) < 4.78 is 15.9. The summed E-state index contributed by atoms with van der Waals surface area (Å²) >= 11 is 0. The molecule has 1 rings (SSSR count). The van der Waals surface area contributed by atoms with Crippen molar-refractivity contribution in [2.24, 2.45) is 0 Å². The van der Waals surface area contributed by atoms with Gasteiger partial charge in [0.25, 0.3) is 0 Å². The lowest BCUT2D eigenvalue weighted by atomic mass is 10.2. The molecule has 0 aliphatic heterocycles. The molecule has 0 aliphatic rings. The van der Waals surface area contributed by atoms with Crippen molar-refractivity contribution in [2.75, 3.05) is 0 Å². The molecule has 1 aromatic carbocycles. The first-order chi connectivity index (χ1) is 6.06. The Hall–Kier alpha value is -1.05. The molecular weight excluding hydrogens is 187 g/mol. The summed E-state index contributed by atoms with van der Waals surface area (Å²) in [7, 11) is -3.68. The smallest absolute Gasteiger partial charge is 0.407 e. The summed E-state index contributed by atoms with van der Waals surface area (Å²) in [5, 5.41) is 0.276. The lowest BCUT2D eigenvalue weighted by Gasteiger charge is -2.09. The van der Waals surface area contributed by atoms with E-state index in [0.29, 0.717) is 0 Å². The highest BCUT2D eigenvalue weighted by Gasteiger charge is 2.21. The molecule has 0 aromatic heterocycles. The second-order valence-corrected chi connectivity index (χ2v) is 4.40. The molecule has 0 fully saturated rings. The molecule has 1 N–H and O–H groups in total. The van der Waals surface area contributed by atoms with Crippen LogP contribution in [0.4, 0.5) is 0 Å². The molecule has 0 amide bonds. The van der Waals surface area contributed by atoms with Crippen LogP contribution in [-0.2, 0) is 9.09 Å². The van der Waals surface area contributed by atoms with Crippen molar-refractivity contribution < 1.29 is 14.0 Å². The van der Waals surface area contributed by atoms with Gasteiger partial charge in [-0.1, -0.05) is 24.3 Å². The fourth-order valence-electron chi connectivity index (χ4n) is 0.895. The molecule has 1 aromatic rings. The van der Waals surface area contributed by atoms with Crippen molar-refractivity contribution in [3.05, 3.63) is 42.7 Å². The summed E-state index contributed by atoms with van der Waals surface area (Å²) in [5.41, 5.74) is 1.03. The average molecular weight is 198 g/mol. The third kappa shape index (κ3) is 2.44. The van der Waals surface area contributed by atoms with Crippen LogP contribution < -0.4 is 5.30 Å². The zero-order chi connectivity index (χ0) is 9.90. The molecular formula is C9H11O3P. The Labute approximate surface area is 77.2 Å². The van der Waals surface area contributed by atoms with Gasteiger partial charge in [0.05, 0.1) is 11.6 Å². The van der Waals surface area contributed by atoms with Crippen molar-refractivity contribution in [3.63, 3.8) is 0 Å². The maximum absolute atomic E-state index is 11.4. The molecule has 1 unspecified atom stereocenters. The predicted octanol–water partition coefficient (Wildman–Crippen LogP) is 1.97. The Morgan fingerprint density at radius 3 is 2.46 bits per heavy atom.